The lowest BCUT2D eigenvalue weighted by Crippen LogP contribution is -2.41. The molecule has 2 heterocycles. The standard InChI is InChI=1S/C24H24BrN3O/c1-26-21(22(25)23(29)28(26)19-8-3-2-4-9-19)17-27-15-13-24(14-16-27)12-11-18-7-5-6-10-20(18)24/h2-12H,13-17H2,1H3. The van der Waals surface area contributed by atoms with Gasteiger partial charge >= 0.3 is 0 Å². The first-order valence-electron chi connectivity index (χ1n) is 10.1. The number of aromatic nitrogens is 2. The molecule has 5 heteroatoms. The van der Waals surface area contributed by atoms with Gasteiger partial charge in [-0.25, -0.2) is 4.68 Å². The normalized spacial score (nSPS) is 17.7. The molecule has 1 aliphatic carbocycles. The summed E-state index contributed by atoms with van der Waals surface area (Å²) in [7, 11) is 1.97. The van der Waals surface area contributed by atoms with Gasteiger partial charge in [0.15, 0.2) is 0 Å². The fourth-order valence-corrected chi connectivity index (χ4v) is 5.39. The van der Waals surface area contributed by atoms with Gasteiger partial charge in [-0.15, -0.1) is 0 Å². The average molecular weight is 450 g/mol. The highest BCUT2D eigenvalue weighted by Gasteiger charge is 2.38. The Hall–Kier alpha value is -2.37. The molecule has 0 saturated carbocycles. The molecule has 2 aromatic carbocycles. The van der Waals surface area contributed by atoms with Gasteiger partial charge in [-0.2, -0.15) is 0 Å². The lowest BCUT2D eigenvalue weighted by molar-refractivity contribution is 0.173. The second-order valence-corrected chi connectivity index (χ2v) is 8.88. The zero-order valence-electron chi connectivity index (χ0n) is 16.5. The van der Waals surface area contributed by atoms with E-state index in [1.807, 2.05) is 42.1 Å². The summed E-state index contributed by atoms with van der Waals surface area (Å²) in [5.74, 6) is 0. The minimum Gasteiger partial charge on any atom is -0.297 e. The van der Waals surface area contributed by atoms with Crippen LogP contribution in [0.4, 0.5) is 0 Å². The van der Waals surface area contributed by atoms with Crippen molar-refractivity contribution in [2.24, 2.45) is 7.05 Å². The summed E-state index contributed by atoms with van der Waals surface area (Å²) in [6.45, 7) is 2.82. The second-order valence-electron chi connectivity index (χ2n) is 8.09. The van der Waals surface area contributed by atoms with Crippen molar-refractivity contribution in [3.8, 4) is 5.69 Å². The maximum atomic E-state index is 12.9. The first-order valence-corrected chi connectivity index (χ1v) is 10.9. The van der Waals surface area contributed by atoms with E-state index in [9.17, 15) is 4.79 Å². The molecule has 0 atom stereocenters. The monoisotopic (exact) mass is 449 g/mol. The predicted octanol–water partition coefficient (Wildman–Crippen LogP) is 4.50. The molecule has 2 aliphatic rings. The molecule has 4 nitrogen and oxygen atoms in total. The molecule has 1 aromatic heterocycles. The molecule has 0 radical (unpaired) electrons. The molecule has 3 aromatic rings. The molecule has 0 bridgehead atoms. The highest BCUT2D eigenvalue weighted by Crippen LogP contribution is 2.43. The molecule has 5 rings (SSSR count). The maximum Gasteiger partial charge on any atom is 0.286 e. The van der Waals surface area contributed by atoms with Crippen LogP contribution in [-0.4, -0.2) is 27.4 Å². The summed E-state index contributed by atoms with van der Waals surface area (Å²) in [5.41, 5.74) is 4.94. The van der Waals surface area contributed by atoms with Crippen molar-refractivity contribution in [2.45, 2.75) is 24.8 Å². The first-order chi connectivity index (χ1) is 14.1. The Morgan fingerprint density at radius 2 is 1.69 bits per heavy atom. The van der Waals surface area contributed by atoms with Crippen molar-refractivity contribution in [1.82, 2.24) is 14.3 Å². The number of halogens is 1. The third kappa shape index (κ3) is 3.04. The maximum absolute atomic E-state index is 12.9. The van der Waals surface area contributed by atoms with Crippen LogP contribution >= 0.6 is 15.9 Å². The van der Waals surface area contributed by atoms with Crippen LogP contribution < -0.4 is 5.56 Å². The lowest BCUT2D eigenvalue weighted by Gasteiger charge is -2.39. The van der Waals surface area contributed by atoms with Crippen LogP contribution in [0.1, 0.15) is 29.7 Å². The Balaban J connectivity index is 1.37. The molecule has 148 valence electrons. The summed E-state index contributed by atoms with van der Waals surface area (Å²) in [4.78, 5) is 15.3. The minimum atomic E-state index is -0.00478. The van der Waals surface area contributed by atoms with E-state index >= 15 is 0 Å². The van der Waals surface area contributed by atoms with E-state index in [0.29, 0.717) is 4.47 Å². The molecule has 1 fully saturated rings. The van der Waals surface area contributed by atoms with Gasteiger partial charge in [0, 0.05) is 19.0 Å². The molecule has 0 unspecified atom stereocenters. The average Bonchev–Trinajstić information content (AvgIpc) is 3.21. The Morgan fingerprint density at radius 1 is 1.00 bits per heavy atom. The smallest absolute Gasteiger partial charge is 0.286 e. The van der Waals surface area contributed by atoms with Crippen LogP contribution in [0.25, 0.3) is 11.8 Å². The molecule has 1 spiro atoms. The second kappa shape index (κ2) is 7.15. The van der Waals surface area contributed by atoms with Crippen molar-refractivity contribution < 1.29 is 0 Å². The van der Waals surface area contributed by atoms with Gasteiger partial charge in [0.2, 0.25) is 0 Å². The Labute approximate surface area is 179 Å². The molecule has 29 heavy (non-hydrogen) atoms. The predicted molar refractivity (Wildman–Crippen MR) is 120 cm³/mol. The van der Waals surface area contributed by atoms with Crippen LogP contribution in [-0.2, 0) is 19.0 Å². The third-order valence-corrected chi connectivity index (χ3v) is 7.32. The van der Waals surface area contributed by atoms with Crippen molar-refractivity contribution >= 4 is 22.0 Å². The summed E-state index contributed by atoms with van der Waals surface area (Å²) in [6, 6.07) is 18.6. The van der Waals surface area contributed by atoms with Gasteiger partial charge in [-0.05, 0) is 65.1 Å². The SMILES string of the molecule is Cn1c(CN2CCC3(C=Cc4ccccc43)CC2)c(Br)c(=O)n1-c1ccccc1. The number of benzene rings is 2. The van der Waals surface area contributed by atoms with Gasteiger partial charge in [0.1, 0.15) is 4.47 Å². The van der Waals surface area contributed by atoms with Crippen molar-refractivity contribution in [2.75, 3.05) is 13.1 Å². The van der Waals surface area contributed by atoms with Gasteiger partial charge in [-0.1, -0.05) is 54.6 Å². The summed E-state index contributed by atoms with van der Waals surface area (Å²) in [6.07, 6.45) is 6.93. The van der Waals surface area contributed by atoms with E-state index in [-0.39, 0.29) is 11.0 Å². The highest BCUT2D eigenvalue weighted by molar-refractivity contribution is 9.10. The van der Waals surface area contributed by atoms with Gasteiger partial charge in [0.05, 0.1) is 11.4 Å². The number of nitrogens with zero attached hydrogens (tertiary/aromatic N) is 3. The van der Waals surface area contributed by atoms with Crippen molar-refractivity contribution in [3.63, 3.8) is 0 Å². The first kappa shape index (κ1) is 18.6. The zero-order valence-corrected chi connectivity index (χ0v) is 18.1. The van der Waals surface area contributed by atoms with Gasteiger partial charge < -0.3 is 0 Å². The van der Waals surface area contributed by atoms with E-state index in [0.717, 1.165) is 43.9 Å². The molecular weight excluding hydrogens is 426 g/mol. The number of para-hydroxylation sites is 1. The fraction of sp³-hybridized carbons (Fsp3) is 0.292. The number of likely N-dealkylation sites (tertiary alicyclic amines) is 1. The Bertz CT molecular complexity index is 1130. The molecule has 0 amide bonds. The Morgan fingerprint density at radius 3 is 2.45 bits per heavy atom. The number of piperidine rings is 1. The van der Waals surface area contributed by atoms with E-state index in [2.05, 4.69) is 57.2 Å². The van der Waals surface area contributed by atoms with Crippen molar-refractivity contribution in [3.05, 3.63) is 92.3 Å². The summed E-state index contributed by atoms with van der Waals surface area (Å²) >= 11 is 3.57. The number of hydrogen-bond donors (Lipinski definition) is 0. The number of rotatable bonds is 3. The number of allylic oxidation sites excluding steroid dienone is 1. The van der Waals surface area contributed by atoms with Crippen LogP contribution in [0, 0.1) is 0 Å². The van der Waals surface area contributed by atoms with Gasteiger partial charge in [0.25, 0.3) is 5.56 Å². The molecule has 1 saturated heterocycles. The number of fused-ring (bicyclic) bond motifs is 2. The highest BCUT2D eigenvalue weighted by atomic mass is 79.9. The summed E-state index contributed by atoms with van der Waals surface area (Å²) < 4.78 is 4.38. The summed E-state index contributed by atoms with van der Waals surface area (Å²) in [5, 5.41) is 0. The van der Waals surface area contributed by atoms with E-state index < -0.39 is 0 Å². The molecule has 0 N–H and O–H groups in total. The minimum absolute atomic E-state index is 0.00478. The van der Waals surface area contributed by atoms with Crippen LogP contribution in [0.2, 0.25) is 0 Å². The lowest BCUT2D eigenvalue weighted by atomic mass is 9.74. The van der Waals surface area contributed by atoms with Gasteiger partial charge in [-0.3, -0.25) is 14.4 Å². The quantitative estimate of drug-likeness (QED) is 0.589. The Kier molecular flexibility index (Phi) is 4.60. The van der Waals surface area contributed by atoms with Crippen LogP contribution in [0.3, 0.4) is 0 Å². The van der Waals surface area contributed by atoms with E-state index in [4.69, 9.17) is 0 Å². The van der Waals surface area contributed by atoms with Crippen LogP contribution in [0.5, 0.6) is 0 Å². The third-order valence-electron chi connectivity index (χ3n) is 6.53. The molecular formula is C24H24BrN3O. The largest absolute Gasteiger partial charge is 0.297 e. The topological polar surface area (TPSA) is 30.2 Å². The van der Waals surface area contributed by atoms with E-state index in [1.54, 1.807) is 4.68 Å². The number of hydrogen-bond acceptors (Lipinski definition) is 2. The molecule has 1 aliphatic heterocycles. The van der Waals surface area contributed by atoms with Crippen molar-refractivity contribution in [1.29, 1.82) is 0 Å². The van der Waals surface area contributed by atoms with Crippen LogP contribution in [0.15, 0.2) is 69.9 Å². The van der Waals surface area contributed by atoms with E-state index in [1.165, 1.54) is 11.1 Å². The fourth-order valence-electron chi connectivity index (χ4n) is 4.84. The zero-order chi connectivity index (χ0) is 20.0.